The Kier molecular flexibility index (Phi) is 5.15. The van der Waals surface area contributed by atoms with Gasteiger partial charge in [0.15, 0.2) is 9.84 Å². The van der Waals surface area contributed by atoms with Gasteiger partial charge in [-0.05, 0) is 26.8 Å². The first-order chi connectivity index (χ1) is 9.09. The minimum absolute atomic E-state index is 0.00268. The summed E-state index contributed by atoms with van der Waals surface area (Å²) in [6, 6.07) is -0.554. The molecule has 1 atom stereocenters. The highest BCUT2D eigenvalue weighted by Crippen LogP contribution is 2.20. The first kappa shape index (κ1) is 16.9. The average Bonchev–Trinajstić information content (AvgIpc) is 2.65. The van der Waals surface area contributed by atoms with E-state index in [0.717, 1.165) is 0 Å². The lowest BCUT2D eigenvalue weighted by Gasteiger charge is -2.34. The van der Waals surface area contributed by atoms with Crippen molar-refractivity contribution in [1.29, 1.82) is 0 Å². The van der Waals surface area contributed by atoms with Gasteiger partial charge in [-0.2, -0.15) is 0 Å². The Hall–Kier alpha value is -1.15. The molecule has 7 nitrogen and oxygen atoms in total. The lowest BCUT2D eigenvalue weighted by Crippen LogP contribution is -2.58. The number of nitrogens with one attached hydrogen (secondary N) is 1. The van der Waals surface area contributed by atoms with E-state index in [0.29, 0.717) is 13.0 Å². The van der Waals surface area contributed by atoms with Crippen molar-refractivity contribution in [2.24, 2.45) is 0 Å². The summed E-state index contributed by atoms with van der Waals surface area (Å²) in [6.45, 7) is 5.25. The zero-order valence-corrected chi connectivity index (χ0v) is 12.9. The number of sulfone groups is 1. The van der Waals surface area contributed by atoms with Gasteiger partial charge >= 0.3 is 5.97 Å². The van der Waals surface area contributed by atoms with Crippen molar-refractivity contribution in [2.45, 2.75) is 38.8 Å². The Labute approximate surface area is 119 Å². The van der Waals surface area contributed by atoms with E-state index in [2.05, 4.69) is 5.32 Å². The number of carboxylic acid groups (broad SMARTS) is 1. The number of nitrogens with zero attached hydrogens (tertiary/aromatic N) is 1. The molecule has 1 aliphatic heterocycles. The lowest BCUT2D eigenvalue weighted by molar-refractivity contribution is -0.148. The maximum absolute atomic E-state index is 12.5. The van der Waals surface area contributed by atoms with Crippen molar-refractivity contribution in [2.75, 3.05) is 24.6 Å². The fraction of sp³-hybridized carbons (Fsp3) is 0.833. The maximum Gasteiger partial charge on any atom is 0.323 e. The van der Waals surface area contributed by atoms with Gasteiger partial charge in [-0.15, -0.1) is 0 Å². The normalized spacial score (nSPS) is 21.6. The van der Waals surface area contributed by atoms with Crippen molar-refractivity contribution in [3.05, 3.63) is 0 Å². The molecule has 1 fully saturated rings. The second kappa shape index (κ2) is 6.09. The third kappa shape index (κ3) is 4.17. The molecule has 1 heterocycles. The van der Waals surface area contributed by atoms with E-state index in [-0.39, 0.29) is 17.4 Å². The Morgan fingerprint density at radius 3 is 2.40 bits per heavy atom. The molecule has 1 rings (SSSR count). The van der Waals surface area contributed by atoms with Gasteiger partial charge in [0.2, 0.25) is 5.91 Å². The van der Waals surface area contributed by atoms with Crippen LogP contribution in [0, 0.1) is 0 Å². The molecular formula is C12H22N2O5S. The van der Waals surface area contributed by atoms with E-state index in [1.165, 1.54) is 4.90 Å². The van der Waals surface area contributed by atoms with Gasteiger partial charge in [0.1, 0.15) is 6.54 Å². The fourth-order valence-corrected chi connectivity index (χ4v) is 4.14. The first-order valence-corrected chi connectivity index (χ1v) is 8.39. The number of carboxylic acids is 1. The number of likely N-dealkylation sites (N-methyl/N-ethyl adjacent to an activating group) is 1. The highest BCUT2D eigenvalue weighted by atomic mass is 32.2. The Morgan fingerprint density at radius 2 is 2.00 bits per heavy atom. The Balaban J connectivity index is 2.95. The quantitative estimate of drug-likeness (QED) is 0.684. The van der Waals surface area contributed by atoms with E-state index in [1.54, 1.807) is 13.8 Å². The standard InChI is InChI=1S/C12H22N2O5S/c1-4-13-12(2,3)11(17)14(7-10(15)16)9-5-6-20(18,19)8-9/h9,13H,4-8H2,1-3H3,(H,15,16). The van der Waals surface area contributed by atoms with Gasteiger partial charge in [0.05, 0.1) is 17.0 Å². The van der Waals surface area contributed by atoms with Crippen molar-refractivity contribution in [1.82, 2.24) is 10.2 Å². The second-order valence-corrected chi connectivity index (χ2v) is 7.77. The number of carbonyl (C=O) groups is 2. The summed E-state index contributed by atoms with van der Waals surface area (Å²) >= 11 is 0. The summed E-state index contributed by atoms with van der Waals surface area (Å²) in [5.74, 6) is -1.68. The molecule has 8 heteroatoms. The molecule has 2 N–H and O–H groups in total. The average molecular weight is 306 g/mol. The maximum atomic E-state index is 12.5. The van der Waals surface area contributed by atoms with Gasteiger partial charge in [-0.3, -0.25) is 9.59 Å². The molecule has 0 spiro atoms. The molecule has 1 saturated heterocycles. The third-order valence-corrected chi connectivity index (χ3v) is 5.12. The fourth-order valence-electron chi connectivity index (χ4n) is 2.41. The van der Waals surface area contributed by atoms with E-state index < -0.39 is 33.9 Å². The molecule has 0 saturated carbocycles. The summed E-state index contributed by atoms with van der Waals surface area (Å²) < 4.78 is 23.1. The van der Waals surface area contributed by atoms with Crippen molar-refractivity contribution >= 4 is 21.7 Å². The van der Waals surface area contributed by atoms with Crippen LogP contribution < -0.4 is 5.32 Å². The molecule has 0 aliphatic carbocycles. The van der Waals surface area contributed by atoms with Crippen molar-refractivity contribution in [3.63, 3.8) is 0 Å². The number of hydrogen-bond acceptors (Lipinski definition) is 5. The monoisotopic (exact) mass is 306 g/mol. The summed E-state index contributed by atoms with van der Waals surface area (Å²) in [5.41, 5.74) is -0.920. The van der Waals surface area contributed by atoms with Crippen LogP contribution in [0.25, 0.3) is 0 Å². The third-order valence-electron chi connectivity index (χ3n) is 3.37. The highest BCUT2D eigenvalue weighted by Gasteiger charge is 2.40. The van der Waals surface area contributed by atoms with Crippen molar-refractivity contribution < 1.29 is 23.1 Å². The number of aliphatic carboxylic acids is 1. The van der Waals surface area contributed by atoms with Crippen LogP contribution in [0.1, 0.15) is 27.2 Å². The Bertz CT molecular complexity index is 486. The minimum atomic E-state index is -3.17. The van der Waals surface area contributed by atoms with Gasteiger partial charge in [-0.25, -0.2) is 8.42 Å². The predicted octanol–water partition coefficient (Wildman–Crippen LogP) is -0.525. The summed E-state index contributed by atoms with van der Waals surface area (Å²) in [6.07, 6.45) is 0.295. The zero-order chi connectivity index (χ0) is 15.6. The molecular weight excluding hydrogens is 284 g/mol. The van der Waals surface area contributed by atoms with E-state index in [4.69, 9.17) is 5.11 Å². The molecule has 0 bridgehead atoms. The number of rotatable bonds is 6. The SMILES string of the molecule is CCNC(C)(C)C(=O)N(CC(=O)O)C1CCS(=O)(=O)C1. The van der Waals surface area contributed by atoms with Crippen LogP contribution in [0.2, 0.25) is 0 Å². The molecule has 1 unspecified atom stereocenters. The topological polar surface area (TPSA) is 104 Å². The highest BCUT2D eigenvalue weighted by molar-refractivity contribution is 7.91. The lowest BCUT2D eigenvalue weighted by atomic mass is 10.0. The molecule has 0 aromatic rings. The van der Waals surface area contributed by atoms with Gasteiger partial charge in [0, 0.05) is 6.04 Å². The minimum Gasteiger partial charge on any atom is -0.480 e. The zero-order valence-electron chi connectivity index (χ0n) is 12.0. The molecule has 1 aliphatic rings. The van der Waals surface area contributed by atoms with Crippen molar-refractivity contribution in [3.8, 4) is 0 Å². The van der Waals surface area contributed by atoms with Crippen LogP contribution in [-0.2, 0) is 19.4 Å². The molecule has 1 amide bonds. The van der Waals surface area contributed by atoms with Crippen LogP contribution in [0.15, 0.2) is 0 Å². The number of amides is 1. The molecule has 0 radical (unpaired) electrons. The molecule has 0 aromatic heterocycles. The summed E-state index contributed by atoms with van der Waals surface area (Å²) in [4.78, 5) is 24.6. The van der Waals surface area contributed by atoms with E-state index in [9.17, 15) is 18.0 Å². The predicted molar refractivity (Wildman–Crippen MR) is 74.2 cm³/mol. The smallest absolute Gasteiger partial charge is 0.323 e. The number of hydrogen-bond donors (Lipinski definition) is 2. The van der Waals surface area contributed by atoms with Crippen LogP contribution >= 0.6 is 0 Å². The number of carbonyl (C=O) groups excluding carboxylic acids is 1. The summed E-state index contributed by atoms with van der Waals surface area (Å²) in [7, 11) is -3.17. The van der Waals surface area contributed by atoms with Gasteiger partial charge in [0.25, 0.3) is 0 Å². The van der Waals surface area contributed by atoms with Crippen LogP contribution in [0.4, 0.5) is 0 Å². The van der Waals surface area contributed by atoms with Gasteiger partial charge in [-0.1, -0.05) is 6.92 Å². The molecule has 116 valence electrons. The molecule has 0 aromatic carbocycles. The van der Waals surface area contributed by atoms with E-state index in [1.807, 2.05) is 6.92 Å². The first-order valence-electron chi connectivity index (χ1n) is 6.57. The van der Waals surface area contributed by atoms with Crippen LogP contribution in [-0.4, -0.2) is 66.5 Å². The van der Waals surface area contributed by atoms with Crippen LogP contribution in [0.5, 0.6) is 0 Å². The Morgan fingerprint density at radius 1 is 1.40 bits per heavy atom. The van der Waals surface area contributed by atoms with Gasteiger partial charge < -0.3 is 15.3 Å². The van der Waals surface area contributed by atoms with E-state index >= 15 is 0 Å². The second-order valence-electron chi connectivity index (χ2n) is 5.54. The van der Waals surface area contributed by atoms with Crippen LogP contribution in [0.3, 0.4) is 0 Å². The molecule has 20 heavy (non-hydrogen) atoms. The largest absolute Gasteiger partial charge is 0.480 e. The summed E-state index contributed by atoms with van der Waals surface area (Å²) in [5, 5.41) is 11.9.